The van der Waals surface area contributed by atoms with Crippen LogP contribution in [0.3, 0.4) is 0 Å². The van der Waals surface area contributed by atoms with Crippen molar-refractivity contribution in [3.63, 3.8) is 0 Å². The molecular formula is C12H21F3N2O2. The minimum absolute atomic E-state index is 0.178. The van der Waals surface area contributed by atoms with Crippen molar-refractivity contribution in [3.8, 4) is 0 Å². The lowest BCUT2D eigenvalue weighted by molar-refractivity contribution is -0.174. The quantitative estimate of drug-likeness (QED) is 0.360. The second-order valence-electron chi connectivity index (χ2n) is 5.34. The summed E-state index contributed by atoms with van der Waals surface area (Å²) in [6.45, 7) is 3.62. The van der Waals surface area contributed by atoms with E-state index in [1.165, 1.54) is 0 Å². The van der Waals surface area contributed by atoms with Crippen molar-refractivity contribution in [1.29, 1.82) is 0 Å². The van der Waals surface area contributed by atoms with Gasteiger partial charge < -0.3 is 15.7 Å². The van der Waals surface area contributed by atoms with E-state index in [0.717, 1.165) is 19.3 Å². The van der Waals surface area contributed by atoms with Gasteiger partial charge in [-0.25, -0.2) is 0 Å². The molecule has 1 aliphatic carbocycles. The van der Waals surface area contributed by atoms with Crippen molar-refractivity contribution < 1.29 is 23.1 Å². The largest absolute Gasteiger partial charge is 0.409 e. The van der Waals surface area contributed by atoms with Crippen LogP contribution in [0.15, 0.2) is 5.16 Å². The van der Waals surface area contributed by atoms with Crippen molar-refractivity contribution in [2.75, 3.05) is 6.61 Å². The Morgan fingerprint density at radius 3 is 2.47 bits per heavy atom. The summed E-state index contributed by atoms with van der Waals surface area (Å²) < 4.78 is 43.4. The van der Waals surface area contributed by atoms with Crippen LogP contribution in [0.1, 0.15) is 33.1 Å². The summed E-state index contributed by atoms with van der Waals surface area (Å²) in [5, 5.41) is 10.8. The van der Waals surface area contributed by atoms with E-state index in [9.17, 15) is 13.2 Å². The van der Waals surface area contributed by atoms with Gasteiger partial charge in [-0.05, 0) is 31.1 Å². The maximum atomic E-state index is 12.7. The van der Waals surface area contributed by atoms with Gasteiger partial charge in [-0.15, -0.1) is 0 Å². The summed E-state index contributed by atoms with van der Waals surface area (Å²) in [5.41, 5.74) is 5.07. The molecule has 0 amide bonds. The fourth-order valence-electron chi connectivity index (χ4n) is 2.30. The summed E-state index contributed by atoms with van der Waals surface area (Å²) >= 11 is 0. The van der Waals surface area contributed by atoms with Gasteiger partial charge in [0.15, 0.2) is 5.84 Å². The minimum atomic E-state index is -4.57. The van der Waals surface area contributed by atoms with Crippen LogP contribution in [0.25, 0.3) is 0 Å². The fraction of sp³-hybridized carbons (Fsp3) is 0.917. The summed E-state index contributed by atoms with van der Waals surface area (Å²) in [6.07, 6.45) is -2.29. The number of hydrogen-bond acceptors (Lipinski definition) is 3. The van der Waals surface area contributed by atoms with E-state index in [0.29, 0.717) is 11.8 Å². The predicted octanol–water partition coefficient (Wildman–Crippen LogP) is 2.75. The normalized spacial score (nSPS) is 31.2. The monoisotopic (exact) mass is 282 g/mol. The van der Waals surface area contributed by atoms with Crippen LogP contribution in [0.5, 0.6) is 0 Å². The summed E-state index contributed by atoms with van der Waals surface area (Å²) in [7, 11) is 0. The second-order valence-corrected chi connectivity index (χ2v) is 5.34. The van der Waals surface area contributed by atoms with E-state index < -0.39 is 24.5 Å². The average Bonchev–Trinajstić information content (AvgIpc) is 2.31. The highest BCUT2D eigenvalue weighted by molar-refractivity contribution is 5.83. The molecule has 0 spiro atoms. The Kier molecular flexibility index (Phi) is 5.46. The molecule has 1 saturated carbocycles. The second kappa shape index (κ2) is 6.45. The van der Waals surface area contributed by atoms with Crippen molar-refractivity contribution in [2.24, 2.45) is 28.6 Å². The molecule has 7 heteroatoms. The molecule has 112 valence electrons. The molecule has 3 N–H and O–H groups in total. The number of rotatable bonds is 4. The van der Waals surface area contributed by atoms with Crippen LogP contribution in [0.2, 0.25) is 0 Å². The minimum Gasteiger partial charge on any atom is -0.409 e. The topological polar surface area (TPSA) is 67.8 Å². The highest BCUT2D eigenvalue weighted by Crippen LogP contribution is 2.32. The number of amidine groups is 1. The molecule has 0 saturated heterocycles. The first-order valence-electron chi connectivity index (χ1n) is 6.41. The maximum Gasteiger partial charge on any atom is 0.401 e. The molecule has 1 rings (SSSR count). The molecule has 0 bridgehead atoms. The third kappa shape index (κ3) is 4.56. The van der Waals surface area contributed by atoms with Gasteiger partial charge in [-0.3, -0.25) is 0 Å². The van der Waals surface area contributed by atoms with Crippen molar-refractivity contribution in [1.82, 2.24) is 0 Å². The van der Waals surface area contributed by atoms with E-state index in [-0.39, 0.29) is 6.10 Å². The summed E-state index contributed by atoms with van der Waals surface area (Å²) in [6, 6.07) is 0. The third-order valence-corrected chi connectivity index (χ3v) is 3.92. The zero-order chi connectivity index (χ0) is 14.6. The van der Waals surface area contributed by atoms with Crippen molar-refractivity contribution in [3.05, 3.63) is 0 Å². The van der Waals surface area contributed by atoms with E-state index in [1.807, 2.05) is 0 Å². The lowest BCUT2D eigenvalue weighted by atomic mass is 9.80. The molecule has 0 aliphatic heterocycles. The average molecular weight is 282 g/mol. The molecule has 19 heavy (non-hydrogen) atoms. The highest BCUT2D eigenvalue weighted by atomic mass is 19.4. The van der Waals surface area contributed by atoms with Crippen LogP contribution in [0.4, 0.5) is 13.2 Å². The van der Waals surface area contributed by atoms with Gasteiger partial charge in [0.2, 0.25) is 0 Å². The van der Waals surface area contributed by atoms with Crippen molar-refractivity contribution >= 4 is 5.84 Å². The van der Waals surface area contributed by atoms with Gasteiger partial charge in [-0.1, -0.05) is 19.0 Å². The number of hydrogen-bond donors (Lipinski definition) is 2. The Morgan fingerprint density at radius 1 is 1.37 bits per heavy atom. The van der Waals surface area contributed by atoms with Crippen LogP contribution in [-0.2, 0) is 4.74 Å². The smallest absolute Gasteiger partial charge is 0.401 e. The van der Waals surface area contributed by atoms with Gasteiger partial charge in [0.25, 0.3) is 0 Å². The Morgan fingerprint density at radius 2 is 2.00 bits per heavy atom. The van der Waals surface area contributed by atoms with E-state index in [2.05, 4.69) is 19.0 Å². The standard InChI is InChI=1S/C12H21F3N2O2/c1-7-3-4-9(5-8(7)2)19-6-10(11(16)17-18)12(13,14)15/h7-10,18H,3-6H2,1-2H3,(H2,16,17). The molecule has 4 unspecified atom stereocenters. The molecule has 0 radical (unpaired) electrons. The number of halogens is 3. The van der Waals surface area contributed by atoms with Gasteiger partial charge in [0, 0.05) is 0 Å². The molecule has 4 atom stereocenters. The van der Waals surface area contributed by atoms with Gasteiger partial charge in [-0.2, -0.15) is 13.2 Å². The Bertz CT molecular complexity index is 321. The number of nitrogens with zero attached hydrogens (tertiary/aromatic N) is 1. The van der Waals surface area contributed by atoms with E-state index >= 15 is 0 Å². The zero-order valence-electron chi connectivity index (χ0n) is 11.2. The molecule has 0 aromatic carbocycles. The highest BCUT2D eigenvalue weighted by Gasteiger charge is 2.43. The van der Waals surface area contributed by atoms with Crippen LogP contribution < -0.4 is 5.73 Å². The predicted molar refractivity (Wildman–Crippen MR) is 64.9 cm³/mol. The molecule has 0 aromatic heterocycles. The molecule has 0 aromatic rings. The molecule has 4 nitrogen and oxygen atoms in total. The van der Waals surface area contributed by atoms with Gasteiger partial charge in [0.1, 0.15) is 5.92 Å². The first kappa shape index (κ1) is 16.1. The lowest BCUT2D eigenvalue weighted by Crippen LogP contribution is -2.40. The number of oxime groups is 1. The van der Waals surface area contributed by atoms with Crippen molar-refractivity contribution in [2.45, 2.75) is 45.4 Å². The Hall–Kier alpha value is -0.980. The first-order chi connectivity index (χ1) is 8.75. The third-order valence-electron chi connectivity index (χ3n) is 3.92. The molecule has 1 aliphatic rings. The van der Waals surface area contributed by atoms with E-state index in [1.54, 1.807) is 0 Å². The van der Waals surface area contributed by atoms with Gasteiger partial charge in [0.05, 0.1) is 12.7 Å². The first-order valence-corrected chi connectivity index (χ1v) is 6.41. The van der Waals surface area contributed by atoms with Crippen LogP contribution in [-0.4, -0.2) is 29.9 Å². The number of alkyl halides is 3. The van der Waals surface area contributed by atoms with E-state index in [4.69, 9.17) is 15.7 Å². The Balaban J connectivity index is 2.53. The van der Waals surface area contributed by atoms with Gasteiger partial charge >= 0.3 is 6.18 Å². The Labute approximate surface area is 110 Å². The SMILES string of the molecule is CC1CCC(OCC(C(N)=NO)C(F)(F)F)CC1C. The summed E-state index contributed by atoms with van der Waals surface area (Å²) in [4.78, 5) is 0. The number of nitrogens with two attached hydrogens (primary N) is 1. The maximum absolute atomic E-state index is 12.7. The zero-order valence-corrected chi connectivity index (χ0v) is 11.2. The number of ether oxygens (including phenoxy) is 1. The molecule has 1 fully saturated rings. The lowest BCUT2D eigenvalue weighted by Gasteiger charge is -2.33. The van der Waals surface area contributed by atoms with Crippen LogP contribution >= 0.6 is 0 Å². The van der Waals surface area contributed by atoms with Crippen LogP contribution in [0, 0.1) is 17.8 Å². The molecular weight excluding hydrogens is 261 g/mol. The molecule has 0 heterocycles. The summed E-state index contributed by atoms with van der Waals surface area (Å²) in [5.74, 6) is -1.90. The fourth-order valence-corrected chi connectivity index (χ4v) is 2.30.